The fourth-order valence-corrected chi connectivity index (χ4v) is 3.41. The zero-order chi connectivity index (χ0) is 19.2. The maximum atomic E-state index is 13.5. The average Bonchev–Trinajstić information content (AvgIpc) is 2.70. The van der Waals surface area contributed by atoms with E-state index in [1.165, 1.54) is 6.07 Å². The Hall–Kier alpha value is -2.31. The Morgan fingerprint density at radius 1 is 1.19 bits per heavy atom. The van der Waals surface area contributed by atoms with E-state index >= 15 is 0 Å². The van der Waals surface area contributed by atoms with Gasteiger partial charge in [-0.15, -0.1) is 0 Å². The van der Waals surface area contributed by atoms with E-state index in [0.717, 1.165) is 48.4 Å². The van der Waals surface area contributed by atoms with Crippen molar-refractivity contribution in [1.82, 2.24) is 10.2 Å². The summed E-state index contributed by atoms with van der Waals surface area (Å²) >= 11 is 6.09. The largest absolute Gasteiger partial charge is 0.392 e. The van der Waals surface area contributed by atoms with E-state index in [1.807, 2.05) is 18.2 Å². The topological polar surface area (TPSA) is 51.1 Å². The van der Waals surface area contributed by atoms with E-state index in [9.17, 15) is 9.50 Å². The van der Waals surface area contributed by atoms with Gasteiger partial charge in [-0.2, -0.15) is 0 Å². The van der Waals surface area contributed by atoms with Crippen LogP contribution in [0.2, 0.25) is 5.02 Å². The molecule has 2 aromatic carbocycles. The van der Waals surface area contributed by atoms with Gasteiger partial charge in [0.2, 0.25) is 0 Å². The average molecular weight is 391 g/mol. The standard InChI is InChI=1S/C20H24ClFN4O/c1-23-20(24-13-15-5-6-19(22)16(11-15)14-27)26-9-7-25(8-10-26)18-4-2-3-17(21)12-18/h2-6,11-12,27H,7-10,13-14H2,1H3,(H,23,24). The van der Waals surface area contributed by atoms with Crippen LogP contribution in [-0.4, -0.2) is 49.2 Å². The SMILES string of the molecule is CN=C(NCc1ccc(F)c(CO)c1)N1CCN(c2cccc(Cl)c2)CC1. The molecule has 27 heavy (non-hydrogen) atoms. The van der Waals surface area contributed by atoms with E-state index < -0.39 is 0 Å². The molecule has 2 aromatic rings. The minimum Gasteiger partial charge on any atom is -0.392 e. The Balaban J connectivity index is 1.56. The van der Waals surface area contributed by atoms with Crippen LogP contribution >= 0.6 is 11.6 Å². The van der Waals surface area contributed by atoms with Crippen LogP contribution in [0, 0.1) is 5.82 Å². The molecule has 5 nitrogen and oxygen atoms in total. The molecule has 1 aliphatic rings. The van der Waals surface area contributed by atoms with Crippen LogP contribution in [0.4, 0.5) is 10.1 Å². The van der Waals surface area contributed by atoms with Gasteiger partial charge in [0.15, 0.2) is 5.96 Å². The number of benzene rings is 2. The summed E-state index contributed by atoms with van der Waals surface area (Å²) in [5, 5.41) is 13.3. The molecule has 144 valence electrons. The Bertz CT molecular complexity index is 806. The predicted octanol–water partition coefficient (Wildman–Crippen LogP) is 2.87. The van der Waals surface area contributed by atoms with Gasteiger partial charge >= 0.3 is 0 Å². The number of aliphatic hydroxyl groups is 1. The predicted molar refractivity (Wildman–Crippen MR) is 108 cm³/mol. The number of rotatable bonds is 4. The van der Waals surface area contributed by atoms with Crippen LogP contribution in [0.5, 0.6) is 0 Å². The second-order valence-corrected chi connectivity index (χ2v) is 6.88. The maximum absolute atomic E-state index is 13.5. The Morgan fingerprint density at radius 3 is 2.63 bits per heavy atom. The number of nitrogens with one attached hydrogen (secondary N) is 1. The summed E-state index contributed by atoms with van der Waals surface area (Å²) in [4.78, 5) is 8.88. The number of anilines is 1. The van der Waals surface area contributed by atoms with Gasteiger partial charge in [0, 0.05) is 56.0 Å². The molecule has 0 aromatic heterocycles. The summed E-state index contributed by atoms with van der Waals surface area (Å²) in [5.41, 5.74) is 2.34. The third kappa shape index (κ3) is 4.90. The smallest absolute Gasteiger partial charge is 0.194 e. The summed E-state index contributed by atoms with van der Waals surface area (Å²) in [6.45, 7) is 3.67. The number of halogens is 2. The van der Waals surface area contributed by atoms with Gasteiger partial charge in [0.05, 0.1) is 6.61 Å². The zero-order valence-corrected chi connectivity index (χ0v) is 16.1. The molecule has 1 saturated heterocycles. The molecule has 2 N–H and O–H groups in total. The lowest BCUT2D eigenvalue weighted by atomic mass is 10.1. The normalized spacial score (nSPS) is 15.2. The fourth-order valence-electron chi connectivity index (χ4n) is 3.22. The molecule has 1 heterocycles. The monoisotopic (exact) mass is 390 g/mol. The van der Waals surface area contributed by atoms with Crippen LogP contribution in [0.25, 0.3) is 0 Å². The molecule has 0 bridgehead atoms. The first-order chi connectivity index (χ1) is 13.1. The summed E-state index contributed by atoms with van der Waals surface area (Å²) in [7, 11) is 1.76. The van der Waals surface area contributed by atoms with E-state index in [4.69, 9.17) is 11.6 Å². The highest BCUT2D eigenvalue weighted by Crippen LogP contribution is 2.20. The summed E-state index contributed by atoms with van der Waals surface area (Å²) in [6, 6.07) is 12.7. The Labute approximate surface area is 164 Å². The quantitative estimate of drug-likeness (QED) is 0.622. The van der Waals surface area contributed by atoms with Crippen LogP contribution < -0.4 is 10.2 Å². The minimum atomic E-state index is -0.386. The molecule has 0 unspecified atom stereocenters. The van der Waals surface area contributed by atoms with Gasteiger partial charge in [-0.05, 0) is 35.9 Å². The summed E-state index contributed by atoms with van der Waals surface area (Å²) in [6.07, 6.45) is 0. The highest BCUT2D eigenvalue weighted by molar-refractivity contribution is 6.30. The van der Waals surface area contributed by atoms with E-state index in [1.54, 1.807) is 19.2 Å². The zero-order valence-electron chi connectivity index (χ0n) is 15.3. The van der Waals surface area contributed by atoms with Crippen LogP contribution in [0.15, 0.2) is 47.5 Å². The van der Waals surface area contributed by atoms with Crippen molar-refractivity contribution in [2.75, 3.05) is 38.1 Å². The highest BCUT2D eigenvalue weighted by atomic mass is 35.5. The molecule has 1 aliphatic heterocycles. The number of aliphatic hydroxyl groups excluding tert-OH is 1. The van der Waals surface area contributed by atoms with Crippen LogP contribution in [0.1, 0.15) is 11.1 Å². The van der Waals surface area contributed by atoms with Gasteiger partial charge < -0.3 is 20.2 Å². The van der Waals surface area contributed by atoms with Crippen LogP contribution in [-0.2, 0) is 13.2 Å². The third-order valence-corrected chi connectivity index (χ3v) is 4.93. The molecule has 1 fully saturated rings. The number of hydrogen-bond donors (Lipinski definition) is 2. The lowest BCUT2D eigenvalue weighted by Crippen LogP contribution is -2.52. The van der Waals surface area contributed by atoms with Crippen molar-refractivity contribution in [3.05, 3.63) is 64.4 Å². The minimum absolute atomic E-state index is 0.305. The number of nitrogens with zero attached hydrogens (tertiary/aromatic N) is 3. The lowest BCUT2D eigenvalue weighted by molar-refractivity contribution is 0.275. The first-order valence-electron chi connectivity index (χ1n) is 8.95. The molecule has 0 spiro atoms. The van der Waals surface area contributed by atoms with Crippen molar-refractivity contribution in [3.63, 3.8) is 0 Å². The van der Waals surface area contributed by atoms with Crippen molar-refractivity contribution in [2.45, 2.75) is 13.2 Å². The van der Waals surface area contributed by atoms with Crippen molar-refractivity contribution >= 4 is 23.2 Å². The number of piperazine rings is 1. The molecular formula is C20H24ClFN4O. The number of guanidine groups is 1. The number of aliphatic imine (C=N–C) groups is 1. The number of hydrogen-bond acceptors (Lipinski definition) is 3. The Kier molecular flexibility index (Phi) is 6.53. The first-order valence-corrected chi connectivity index (χ1v) is 9.33. The van der Waals surface area contributed by atoms with Gasteiger partial charge in [0.1, 0.15) is 5.82 Å². The second-order valence-electron chi connectivity index (χ2n) is 6.44. The third-order valence-electron chi connectivity index (χ3n) is 4.70. The molecule has 0 saturated carbocycles. The van der Waals surface area contributed by atoms with Crippen molar-refractivity contribution < 1.29 is 9.50 Å². The fraction of sp³-hybridized carbons (Fsp3) is 0.350. The first kappa shape index (κ1) is 19.5. The molecule has 3 rings (SSSR count). The van der Waals surface area contributed by atoms with E-state index in [2.05, 4.69) is 26.2 Å². The highest BCUT2D eigenvalue weighted by Gasteiger charge is 2.20. The van der Waals surface area contributed by atoms with Crippen molar-refractivity contribution in [2.24, 2.45) is 4.99 Å². The van der Waals surface area contributed by atoms with E-state index in [-0.39, 0.29) is 12.4 Å². The van der Waals surface area contributed by atoms with Gasteiger partial charge in [-0.3, -0.25) is 4.99 Å². The Morgan fingerprint density at radius 2 is 1.96 bits per heavy atom. The molecule has 0 aliphatic carbocycles. The molecule has 0 radical (unpaired) electrons. The van der Waals surface area contributed by atoms with Gasteiger partial charge in [0.25, 0.3) is 0 Å². The second kappa shape index (κ2) is 9.06. The maximum Gasteiger partial charge on any atom is 0.194 e. The molecule has 0 atom stereocenters. The van der Waals surface area contributed by atoms with Crippen LogP contribution in [0.3, 0.4) is 0 Å². The van der Waals surface area contributed by atoms with Gasteiger partial charge in [-0.1, -0.05) is 23.7 Å². The van der Waals surface area contributed by atoms with Crippen molar-refractivity contribution in [1.29, 1.82) is 0 Å². The molecule has 0 amide bonds. The van der Waals surface area contributed by atoms with Gasteiger partial charge in [-0.25, -0.2) is 4.39 Å². The lowest BCUT2D eigenvalue weighted by Gasteiger charge is -2.37. The molecular weight excluding hydrogens is 367 g/mol. The van der Waals surface area contributed by atoms with Crippen molar-refractivity contribution in [3.8, 4) is 0 Å². The summed E-state index contributed by atoms with van der Waals surface area (Å²) < 4.78 is 13.5. The summed E-state index contributed by atoms with van der Waals surface area (Å²) in [5.74, 6) is 0.429. The van der Waals surface area contributed by atoms with E-state index in [0.29, 0.717) is 12.1 Å². The molecule has 7 heteroatoms.